The van der Waals surface area contributed by atoms with Crippen LogP contribution in [0.3, 0.4) is 0 Å². The van der Waals surface area contributed by atoms with Crippen molar-refractivity contribution >= 4 is 22.6 Å². The highest BCUT2D eigenvalue weighted by Crippen LogP contribution is 2.15. The van der Waals surface area contributed by atoms with E-state index in [1.165, 1.54) is 6.07 Å². The number of carbonyl (C=O) groups is 1. The second-order valence-electron chi connectivity index (χ2n) is 6.09. The van der Waals surface area contributed by atoms with Gasteiger partial charge < -0.3 is 5.32 Å². The van der Waals surface area contributed by atoms with Crippen LogP contribution in [-0.2, 0) is 0 Å². The largest absolute Gasteiger partial charge is 0.305 e. The van der Waals surface area contributed by atoms with Crippen LogP contribution in [0, 0.1) is 6.92 Å². The fourth-order valence-corrected chi connectivity index (χ4v) is 2.85. The first kappa shape index (κ1) is 16.7. The lowest BCUT2D eigenvalue weighted by atomic mass is 10.2. The van der Waals surface area contributed by atoms with Crippen LogP contribution in [0.5, 0.6) is 0 Å². The Morgan fingerprint density at radius 2 is 1.70 bits per heavy atom. The van der Waals surface area contributed by atoms with E-state index in [1.807, 2.05) is 60.7 Å². The van der Waals surface area contributed by atoms with Gasteiger partial charge in [-0.05, 0) is 37.3 Å². The third-order valence-corrected chi connectivity index (χ3v) is 4.16. The summed E-state index contributed by atoms with van der Waals surface area (Å²) in [6.45, 7) is 1.77. The Kier molecular flexibility index (Phi) is 4.22. The van der Waals surface area contributed by atoms with Gasteiger partial charge in [0, 0.05) is 17.1 Å². The molecule has 6 nitrogen and oxygen atoms in total. The van der Waals surface area contributed by atoms with Crippen molar-refractivity contribution in [2.45, 2.75) is 6.92 Å². The predicted molar refractivity (Wildman–Crippen MR) is 104 cm³/mol. The molecule has 1 N–H and O–H groups in total. The van der Waals surface area contributed by atoms with Crippen LogP contribution < -0.4 is 10.7 Å². The zero-order valence-electron chi connectivity index (χ0n) is 14.6. The van der Waals surface area contributed by atoms with Gasteiger partial charge in [-0.3, -0.25) is 9.59 Å². The van der Waals surface area contributed by atoms with Crippen molar-refractivity contribution in [2.75, 3.05) is 5.32 Å². The predicted octanol–water partition coefficient (Wildman–Crippen LogP) is 3.34. The molecule has 1 amide bonds. The van der Waals surface area contributed by atoms with Gasteiger partial charge in [0.25, 0.3) is 5.91 Å². The van der Waals surface area contributed by atoms with Gasteiger partial charge in [-0.1, -0.05) is 36.4 Å². The zero-order valence-corrected chi connectivity index (χ0v) is 14.6. The summed E-state index contributed by atoms with van der Waals surface area (Å²) in [5.74, 6) is -0.223. The molecule has 4 rings (SSSR count). The van der Waals surface area contributed by atoms with E-state index < -0.39 is 11.3 Å². The van der Waals surface area contributed by atoms with Crippen LogP contribution in [0.1, 0.15) is 16.2 Å². The molecule has 2 heterocycles. The molecule has 4 aromatic rings. The molecule has 0 aliphatic carbocycles. The van der Waals surface area contributed by atoms with Crippen LogP contribution in [0.2, 0.25) is 0 Å². The average molecular weight is 356 g/mol. The molecule has 6 heteroatoms. The maximum Gasteiger partial charge on any atom is 0.281 e. The van der Waals surface area contributed by atoms with Crippen molar-refractivity contribution < 1.29 is 4.79 Å². The van der Waals surface area contributed by atoms with Crippen LogP contribution in [0.15, 0.2) is 77.6 Å². The van der Waals surface area contributed by atoms with Gasteiger partial charge in [-0.15, -0.1) is 0 Å². The summed E-state index contributed by atoms with van der Waals surface area (Å²) in [6, 6.07) is 21.9. The first-order valence-corrected chi connectivity index (χ1v) is 8.45. The number of rotatable bonds is 3. The third-order valence-electron chi connectivity index (χ3n) is 4.16. The van der Waals surface area contributed by atoms with Gasteiger partial charge in [-0.25, -0.2) is 9.67 Å². The van der Waals surface area contributed by atoms with Crippen molar-refractivity contribution in [2.24, 2.45) is 0 Å². The molecule has 0 radical (unpaired) electrons. The molecule has 0 aliphatic heterocycles. The van der Waals surface area contributed by atoms with Gasteiger partial charge in [0.15, 0.2) is 5.69 Å². The minimum atomic E-state index is -0.590. The van der Waals surface area contributed by atoms with E-state index in [4.69, 9.17) is 0 Å². The van der Waals surface area contributed by atoms with Gasteiger partial charge in [-0.2, -0.15) is 5.10 Å². The van der Waals surface area contributed by atoms with E-state index in [0.717, 1.165) is 16.6 Å². The lowest BCUT2D eigenvalue weighted by molar-refractivity contribution is 0.101. The first-order chi connectivity index (χ1) is 13.1. The van der Waals surface area contributed by atoms with E-state index in [0.29, 0.717) is 11.5 Å². The van der Waals surface area contributed by atoms with Crippen molar-refractivity contribution in [3.63, 3.8) is 0 Å². The Bertz CT molecular complexity index is 1200. The molecular weight excluding hydrogens is 340 g/mol. The molecular formula is C21H16N4O2. The lowest BCUT2D eigenvalue weighted by Crippen LogP contribution is -2.27. The number of aromatic nitrogens is 3. The molecule has 27 heavy (non-hydrogen) atoms. The topological polar surface area (TPSA) is 76.9 Å². The van der Waals surface area contributed by atoms with Crippen molar-refractivity contribution in [1.29, 1.82) is 0 Å². The number of nitrogens with one attached hydrogen (secondary N) is 1. The number of benzene rings is 2. The summed E-state index contributed by atoms with van der Waals surface area (Å²) in [5, 5.41) is 7.90. The Morgan fingerprint density at radius 1 is 0.963 bits per heavy atom. The van der Waals surface area contributed by atoms with Gasteiger partial charge in [0.05, 0.1) is 11.2 Å². The maximum absolute atomic E-state index is 12.6. The Labute approximate surface area is 155 Å². The smallest absolute Gasteiger partial charge is 0.281 e. The zero-order chi connectivity index (χ0) is 18.8. The molecule has 2 aromatic heterocycles. The summed E-state index contributed by atoms with van der Waals surface area (Å²) in [4.78, 5) is 29.3. The van der Waals surface area contributed by atoms with E-state index in [2.05, 4.69) is 15.4 Å². The second-order valence-corrected chi connectivity index (χ2v) is 6.09. The minimum absolute atomic E-state index is 0.181. The highest BCUT2D eigenvalue weighted by atomic mass is 16.2. The van der Waals surface area contributed by atoms with E-state index >= 15 is 0 Å². The standard InChI is InChI=1S/C21H16N4O2/c1-14-13-18(26)20(24-25(14)16-8-3-2-4-9-16)21(27)23-19-12-11-15-7-5-6-10-17(15)22-19/h2-13H,1H3,(H,22,23,27). The highest BCUT2D eigenvalue weighted by Gasteiger charge is 2.16. The second kappa shape index (κ2) is 6.84. The number of pyridine rings is 1. The fraction of sp³-hybridized carbons (Fsp3) is 0.0476. The number of carbonyl (C=O) groups excluding carboxylic acids is 1. The Morgan fingerprint density at radius 3 is 2.52 bits per heavy atom. The number of amides is 1. The van der Waals surface area contributed by atoms with E-state index in [1.54, 1.807) is 17.7 Å². The minimum Gasteiger partial charge on any atom is -0.305 e. The van der Waals surface area contributed by atoms with E-state index in [-0.39, 0.29) is 5.69 Å². The monoisotopic (exact) mass is 356 g/mol. The van der Waals surface area contributed by atoms with E-state index in [9.17, 15) is 9.59 Å². The maximum atomic E-state index is 12.6. The number of anilines is 1. The third kappa shape index (κ3) is 3.32. The summed E-state index contributed by atoms with van der Waals surface area (Å²) in [6.07, 6.45) is 0. The molecule has 0 saturated heterocycles. The Hall–Kier alpha value is -3.80. The quantitative estimate of drug-likeness (QED) is 0.611. The molecule has 0 bridgehead atoms. The van der Waals surface area contributed by atoms with Gasteiger partial charge >= 0.3 is 0 Å². The van der Waals surface area contributed by atoms with Crippen LogP contribution >= 0.6 is 0 Å². The summed E-state index contributed by atoms with van der Waals surface area (Å²) >= 11 is 0. The SMILES string of the molecule is Cc1cc(=O)c(C(=O)Nc2ccc3ccccc3n2)nn1-c1ccccc1. The lowest BCUT2D eigenvalue weighted by Gasteiger charge is -2.11. The molecule has 0 spiro atoms. The molecule has 0 saturated carbocycles. The molecule has 2 aromatic carbocycles. The number of hydrogen-bond donors (Lipinski definition) is 1. The van der Waals surface area contributed by atoms with Crippen LogP contribution in [-0.4, -0.2) is 20.7 Å². The summed E-state index contributed by atoms with van der Waals surface area (Å²) in [7, 11) is 0. The van der Waals surface area contributed by atoms with Crippen molar-refractivity contribution in [3.05, 3.63) is 94.4 Å². The number of para-hydroxylation sites is 2. The average Bonchev–Trinajstić information content (AvgIpc) is 2.68. The Balaban J connectivity index is 1.69. The molecule has 0 aliphatic rings. The van der Waals surface area contributed by atoms with Crippen molar-refractivity contribution in [3.8, 4) is 5.69 Å². The number of fused-ring (bicyclic) bond motifs is 1. The number of hydrogen-bond acceptors (Lipinski definition) is 4. The van der Waals surface area contributed by atoms with Crippen LogP contribution in [0.4, 0.5) is 5.82 Å². The van der Waals surface area contributed by atoms with Gasteiger partial charge in [0.1, 0.15) is 5.82 Å². The molecule has 0 fully saturated rings. The number of aryl methyl sites for hydroxylation is 1. The fourth-order valence-electron chi connectivity index (χ4n) is 2.85. The van der Waals surface area contributed by atoms with Crippen LogP contribution in [0.25, 0.3) is 16.6 Å². The normalized spacial score (nSPS) is 10.7. The van der Waals surface area contributed by atoms with Crippen molar-refractivity contribution in [1.82, 2.24) is 14.8 Å². The highest BCUT2D eigenvalue weighted by molar-refractivity contribution is 6.02. The molecule has 132 valence electrons. The first-order valence-electron chi connectivity index (χ1n) is 8.45. The molecule has 0 unspecified atom stereocenters. The number of nitrogens with zero attached hydrogens (tertiary/aromatic N) is 3. The summed E-state index contributed by atoms with van der Waals surface area (Å²) < 4.78 is 1.57. The molecule has 0 atom stereocenters. The van der Waals surface area contributed by atoms with Gasteiger partial charge in [0.2, 0.25) is 5.43 Å². The summed E-state index contributed by atoms with van der Waals surface area (Å²) in [5.41, 5.74) is 1.56.